The smallest absolute Gasteiger partial charge is 0.243 e. The van der Waals surface area contributed by atoms with Gasteiger partial charge in [-0.1, -0.05) is 18.2 Å². The summed E-state index contributed by atoms with van der Waals surface area (Å²) in [6.07, 6.45) is 3.34. The van der Waals surface area contributed by atoms with Gasteiger partial charge in [-0.05, 0) is 25.0 Å². The van der Waals surface area contributed by atoms with Gasteiger partial charge in [-0.2, -0.15) is 5.10 Å². The summed E-state index contributed by atoms with van der Waals surface area (Å²) >= 11 is 5.75. The Bertz CT molecular complexity index is 619. The second kappa shape index (κ2) is 6.63. The lowest BCUT2D eigenvalue weighted by Gasteiger charge is -2.25. The Hall–Kier alpha value is -2.01. The number of aromatic nitrogens is 2. The molecule has 1 aromatic heterocycles. The summed E-state index contributed by atoms with van der Waals surface area (Å²) in [4.78, 5) is 13.9. The molecule has 0 aliphatic rings. The molecule has 6 heteroatoms. The molecule has 0 aliphatic heterocycles. The lowest BCUT2D eigenvalue weighted by Crippen LogP contribution is -2.35. The van der Waals surface area contributed by atoms with Crippen LogP contribution in [0, 0.1) is 13.8 Å². The molecule has 0 spiro atoms. The maximum Gasteiger partial charge on any atom is 0.243 e. The number of hydrogen-bond donors (Lipinski definition) is 0. The highest BCUT2D eigenvalue weighted by atomic mass is 35.5. The molecule has 0 atom stereocenters. The van der Waals surface area contributed by atoms with Gasteiger partial charge in [-0.25, -0.2) is 4.68 Å². The molecular weight excluding hydrogens is 290 g/mol. The Balaban J connectivity index is 2.37. The third-order valence-corrected chi connectivity index (χ3v) is 3.48. The van der Waals surface area contributed by atoms with E-state index in [1.165, 1.54) is 0 Å². The number of rotatable bonds is 5. The highest BCUT2D eigenvalue weighted by Crippen LogP contribution is 2.25. The zero-order chi connectivity index (χ0) is 15.4. The molecule has 0 unspecified atom stereocenters. The summed E-state index contributed by atoms with van der Waals surface area (Å²) < 4.78 is 6.75. The number of para-hydroxylation sites is 1. The van der Waals surface area contributed by atoms with Gasteiger partial charge in [0.15, 0.2) is 5.75 Å². The Morgan fingerprint density at radius 3 is 2.57 bits per heavy atom. The van der Waals surface area contributed by atoms with Gasteiger partial charge in [0, 0.05) is 0 Å². The van der Waals surface area contributed by atoms with Crippen LogP contribution in [0.15, 0.2) is 30.6 Å². The number of carbonyl (C=O) groups excluding carboxylic acids is 1. The Kier molecular flexibility index (Phi) is 4.85. The fourth-order valence-electron chi connectivity index (χ4n) is 2.25. The van der Waals surface area contributed by atoms with Crippen molar-refractivity contribution in [2.75, 3.05) is 17.9 Å². The zero-order valence-electron chi connectivity index (χ0n) is 12.3. The van der Waals surface area contributed by atoms with E-state index in [1.807, 2.05) is 32.0 Å². The number of halogens is 1. The quantitative estimate of drug-likeness (QED) is 0.798. The lowest BCUT2D eigenvalue weighted by atomic mass is 10.1. The number of nitrogens with zero attached hydrogens (tertiary/aromatic N) is 3. The zero-order valence-corrected chi connectivity index (χ0v) is 13.1. The van der Waals surface area contributed by atoms with Crippen molar-refractivity contribution in [3.05, 3.63) is 41.7 Å². The van der Waals surface area contributed by atoms with Crippen LogP contribution in [0.1, 0.15) is 11.1 Å². The minimum absolute atomic E-state index is 0.0772. The number of ether oxygens (including phenoxy) is 1. The molecule has 0 fully saturated rings. The van der Waals surface area contributed by atoms with Gasteiger partial charge in [0.05, 0.1) is 25.2 Å². The fraction of sp³-hybridized carbons (Fsp3) is 0.333. The Morgan fingerprint density at radius 2 is 2.05 bits per heavy atom. The molecule has 1 amide bonds. The summed E-state index contributed by atoms with van der Waals surface area (Å²) in [5.41, 5.74) is 2.91. The first kappa shape index (κ1) is 15.4. The molecule has 2 aromatic rings. The van der Waals surface area contributed by atoms with Crippen molar-refractivity contribution in [1.29, 1.82) is 0 Å². The average Bonchev–Trinajstić information content (AvgIpc) is 2.93. The van der Waals surface area contributed by atoms with Gasteiger partial charge < -0.3 is 4.74 Å². The van der Waals surface area contributed by atoms with Crippen LogP contribution in [-0.4, -0.2) is 28.7 Å². The SMILES string of the molecule is COc1cnn(CN(C(=O)CCl)c2c(C)cccc2C)c1. The number of amides is 1. The van der Waals surface area contributed by atoms with Crippen LogP contribution in [0.5, 0.6) is 5.75 Å². The standard InChI is InChI=1S/C15H18ClN3O2/c1-11-5-4-6-12(2)15(11)19(14(20)7-16)10-18-9-13(21-3)8-17-18/h4-6,8-9H,7,10H2,1-3H3. The Morgan fingerprint density at radius 1 is 1.38 bits per heavy atom. The van der Waals surface area contributed by atoms with Crippen molar-refractivity contribution in [3.8, 4) is 5.75 Å². The molecule has 0 N–H and O–H groups in total. The summed E-state index contributed by atoms with van der Waals surface area (Å²) in [6.45, 7) is 4.24. The Labute approximate surface area is 129 Å². The number of methoxy groups -OCH3 is 1. The van der Waals surface area contributed by atoms with Crippen LogP contribution >= 0.6 is 11.6 Å². The minimum atomic E-state index is -0.163. The summed E-state index contributed by atoms with van der Waals surface area (Å²) in [7, 11) is 1.58. The van der Waals surface area contributed by atoms with Crippen molar-refractivity contribution in [2.24, 2.45) is 0 Å². The predicted molar refractivity (Wildman–Crippen MR) is 82.9 cm³/mol. The topological polar surface area (TPSA) is 47.4 Å². The average molecular weight is 308 g/mol. The van der Waals surface area contributed by atoms with Crippen LogP contribution in [0.3, 0.4) is 0 Å². The van der Waals surface area contributed by atoms with Gasteiger partial charge in [0.1, 0.15) is 12.5 Å². The predicted octanol–water partition coefficient (Wildman–Crippen LogP) is 2.74. The van der Waals surface area contributed by atoms with E-state index < -0.39 is 0 Å². The molecule has 5 nitrogen and oxygen atoms in total. The van der Waals surface area contributed by atoms with E-state index in [-0.39, 0.29) is 11.8 Å². The molecule has 0 saturated heterocycles. The first-order valence-corrected chi connectivity index (χ1v) is 7.09. The monoisotopic (exact) mass is 307 g/mol. The number of benzene rings is 1. The van der Waals surface area contributed by atoms with E-state index in [0.29, 0.717) is 12.4 Å². The van der Waals surface area contributed by atoms with Gasteiger partial charge >= 0.3 is 0 Å². The molecular formula is C15H18ClN3O2. The molecule has 0 aliphatic carbocycles. The molecule has 0 bridgehead atoms. The van der Waals surface area contributed by atoms with Crippen LogP contribution < -0.4 is 9.64 Å². The maximum absolute atomic E-state index is 12.2. The normalized spacial score (nSPS) is 10.5. The highest BCUT2D eigenvalue weighted by molar-refractivity contribution is 6.29. The van der Waals surface area contributed by atoms with Crippen LogP contribution in [0.4, 0.5) is 5.69 Å². The number of alkyl halides is 1. The van der Waals surface area contributed by atoms with Crippen LogP contribution in [0.2, 0.25) is 0 Å². The maximum atomic E-state index is 12.2. The summed E-state index contributed by atoms with van der Waals surface area (Å²) in [5, 5.41) is 4.18. The lowest BCUT2D eigenvalue weighted by molar-refractivity contribution is -0.116. The van der Waals surface area contributed by atoms with Gasteiger partial charge in [0.2, 0.25) is 5.91 Å². The van der Waals surface area contributed by atoms with Gasteiger partial charge in [-0.3, -0.25) is 9.69 Å². The summed E-state index contributed by atoms with van der Waals surface area (Å²) in [5.74, 6) is 0.407. The van der Waals surface area contributed by atoms with E-state index in [9.17, 15) is 4.79 Å². The van der Waals surface area contributed by atoms with Crippen molar-refractivity contribution in [1.82, 2.24) is 9.78 Å². The molecule has 1 heterocycles. The second-order valence-electron chi connectivity index (χ2n) is 4.76. The number of hydrogen-bond acceptors (Lipinski definition) is 3. The van der Waals surface area contributed by atoms with E-state index in [4.69, 9.17) is 16.3 Å². The van der Waals surface area contributed by atoms with E-state index >= 15 is 0 Å². The third-order valence-electron chi connectivity index (χ3n) is 3.26. The van der Waals surface area contributed by atoms with Crippen molar-refractivity contribution >= 4 is 23.2 Å². The molecule has 0 radical (unpaired) electrons. The highest BCUT2D eigenvalue weighted by Gasteiger charge is 2.19. The number of aryl methyl sites for hydroxylation is 2. The molecule has 1 aromatic carbocycles. The minimum Gasteiger partial charge on any atom is -0.493 e. The van der Waals surface area contributed by atoms with E-state index in [0.717, 1.165) is 16.8 Å². The van der Waals surface area contributed by atoms with Crippen molar-refractivity contribution in [2.45, 2.75) is 20.5 Å². The molecule has 0 saturated carbocycles. The van der Waals surface area contributed by atoms with Gasteiger partial charge in [-0.15, -0.1) is 11.6 Å². The fourth-order valence-corrected chi connectivity index (χ4v) is 2.39. The van der Waals surface area contributed by atoms with Crippen LogP contribution in [-0.2, 0) is 11.5 Å². The second-order valence-corrected chi connectivity index (χ2v) is 5.02. The van der Waals surface area contributed by atoms with E-state index in [2.05, 4.69) is 5.10 Å². The largest absolute Gasteiger partial charge is 0.493 e. The van der Waals surface area contributed by atoms with Gasteiger partial charge in [0.25, 0.3) is 0 Å². The molecule has 2 rings (SSSR count). The summed E-state index contributed by atoms with van der Waals surface area (Å²) in [6, 6.07) is 5.91. The molecule has 21 heavy (non-hydrogen) atoms. The molecule has 112 valence electrons. The van der Waals surface area contributed by atoms with Crippen LogP contribution in [0.25, 0.3) is 0 Å². The first-order chi connectivity index (χ1) is 10.1. The van der Waals surface area contributed by atoms with Crippen molar-refractivity contribution in [3.63, 3.8) is 0 Å². The third kappa shape index (κ3) is 3.36. The first-order valence-electron chi connectivity index (χ1n) is 6.55. The number of carbonyl (C=O) groups is 1. The number of anilines is 1. The van der Waals surface area contributed by atoms with Crippen molar-refractivity contribution < 1.29 is 9.53 Å². The van der Waals surface area contributed by atoms with E-state index in [1.54, 1.807) is 29.1 Å².